The van der Waals surface area contributed by atoms with Gasteiger partial charge in [-0.2, -0.15) is 15.1 Å². The number of nitrogens with two attached hydrogens (primary N) is 1. The first-order chi connectivity index (χ1) is 9.69. The fraction of sp³-hybridized carbons (Fsp3) is 0.500. The van der Waals surface area contributed by atoms with Crippen molar-refractivity contribution in [2.45, 2.75) is 12.8 Å². The minimum Gasteiger partial charge on any atom is -0.369 e. The summed E-state index contributed by atoms with van der Waals surface area (Å²) in [5.41, 5.74) is 6.11. The molecule has 0 aromatic carbocycles. The van der Waals surface area contributed by atoms with Crippen LogP contribution in [0.5, 0.6) is 0 Å². The van der Waals surface area contributed by atoms with Crippen molar-refractivity contribution in [1.29, 1.82) is 0 Å². The molecule has 2 aromatic heterocycles. The number of aromatic nitrogens is 4. The van der Waals surface area contributed by atoms with E-state index in [9.17, 15) is 4.79 Å². The SMILES string of the molecule is CNc1nc(N2CCCC(C(N)=O)C2)c2cn[nH]c2n1. The van der Waals surface area contributed by atoms with Crippen molar-refractivity contribution in [3.05, 3.63) is 6.20 Å². The van der Waals surface area contributed by atoms with Gasteiger partial charge in [-0.05, 0) is 12.8 Å². The molecule has 106 valence electrons. The van der Waals surface area contributed by atoms with Crippen LogP contribution in [0.25, 0.3) is 11.0 Å². The highest BCUT2D eigenvalue weighted by atomic mass is 16.1. The Morgan fingerprint density at radius 3 is 3.15 bits per heavy atom. The zero-order valence-electron chi connectivity index (χ0n) is 11.3. The Balaban J connectivity index is 2.00. The fourth-order valence-corrected chi connectivity index (χ4v) is 2.57. The Morgan fingerprint density at radius 1 is 1.55 bits per heavy atom. The number of aromatic amines is 1. The van der Waals surface area contributed by atoms with E-state index in [1.807, 2.05) is 0 Å². The molecule has 20 heavy (non-hydrogen) atoms. The molecule has 1 aliphatic heterocycles. The number of piperidine rings is 1. The first-order valence-corrected chi connectivity index (χ1v) is 6.62. The van der Waals surface area contributed by atoms with Crippen LogP contribution in [-0.4, -0.2) is 46.2 Å². The maximum Gasteiger partial charge on any atom is 0.226 e. The highest BCUT2D eigenvalue weighted by molar-refractivity contribution is 5.88. The topological polar surface area (TPSA) is 113 Å². The van der Waals surface area contributed by atoms with Crippen molar-refractivity contribution in [2.24, 2.45) is 11.7 Å². The van der Waals surface area contributed by atoms with Crippen LogP contribution in [0.15, 0.2) is 6.20 Å². The predicted octanol–water partition coefficient (Wildman–Crippen LogP) is 0.0963. The number of fused-ring (bicyclic) bond motifs is 1. The molecule has 4 N–H and O–H groups in total. The largest absolute Gasteiger partial charge is 0.369 e. The van der Waals surface area contributed by atoms with Gasteiger partial charge in [-0.3, -0.25) is 9.89 Å². The van der Waals surface area contributed by atoms with Gasteiger partial charge in [0.15, 0.2) is 5.65 Å². The van der Waals surface area contributed by atoms with Gasteiger partial charge in [0, 0.05) is 20.1 Å². The van der Waals surface area contributed by atoms with E-state index in [-0.39, 0.29) is 11.8 Å². The van der Waals surface area contributed by atoms with Crippen LogP contribution >= 0.6 is 0 Å². The quantitative estimate of drug-likeness (QED) is 0.732. The van der Waals surface area contributed by atoms with Crippen LogP contribution < -0.4 is 16.0 Å². The maximum absolute atomic E-state index is 11.4. The molecule has 1 saturated heterocycles. The molecule has 1 amide bonds. The monoisotopic (exact) mass is 275 g/mol. The summed E-state index contributed by atoms with van der Waals surface area (Å²) < 4.78 is 0. The Labute approximate surface area is 115 Å². The third-order valence-electron chi connectivity index (χ3n) is 3.64. The van der Waals surface area contributed by atoms with Crippen molar-refractivity contribution in [2.75, 3.05) is 30.4 Å². The molecule has 1 aliphatic rings. The van der Waals surface area contributed by atoms with Gasteiger partial charge in [0.1, 0.15) is 5.82 Å². The van der Waals surface area contributed by atoms with Gasteiger partial charge in [0.2, 0.25) is 11.9 Å². The van der Waals surface area contributed by atoms with Gasteiger partial charge >= 0.3 is 0 Å². The van der Waals surface area contributed by atoms with E-state index >= 15 is 0 Å². The van der Waals surface area contributed by atoms with Crippen molar-refractivity contribution < 1.29 is 4.79 Å². The van der Waals surface area contributed by atoms with Gasteiger partial charge in [-0.25, -0.2) is 0 Å². The third-order valence-corrected chi connectivity index (χ3v) is 3.64. The zero-order chi connectivity index (χ0) is 14.1. The number of anilines is 2. The average molecular weight is 275 g/mol. The molecular weight excluding hydrogens is 258 g/mol. The second-order valence-corrected chi connectivity index (χ2v) is 4.94. The summed E-state index contributed by atoms with van der Waals surface area (Å²) in [5.74, 6) is 0.941. The number of nitrogens with one attached hydrogen (secondary N) is 2. The Bertz CT molecular complexity index is 638. The molecule has 3 rings (SSSR count). The summed E-state index contributed by atoms with van der Waals surface area (Å²) in [6.07, 6.45) is 3.47. The van der Waals surface area contributed by atoms with E-state index in [1.54, 1.807) is 13.2 Å². The minimum absolute atomic E-state index is 0.126. The highest BCUT2D eigenvalue weighted by Gasteiger charge is 2.26. The molecule has 8 heteroatoms. The molecule has 2 aromatic rings. The second-order valence-electron chi connectivity index (χ2n) is 4.94. The van der Waals surface area contributed by atoms with Crippen molar-refractivity contribution >= 4 is 28.7 Å². The molecule has 1 atom stereocenters. The van der Waals surface area contributed by atoms with Crippen molar-refractivity contribution in [3.63, 3.8) is 0 Å². The van der Waals surface area contributed by atoms with Crippen LogP contribution in [-0.2, 0) is 4.79 Å². The van der Waals surface area contributed by atoms with Gasteiger partial charge in [0.25, 0.3) is 0 Å². The summed E-state index contributed by atoms with van der Waals surface area (Å²) in [7, 11) is 1.77. The molecule has 8 nitrogen and oxygen atoms in total. The smallest absolute Gasteiger partial charge is 0.226 e. The second kappa shape index (κ2) is 4.95. The number of rotatable bonds is 3. The minimum atomic E-state index is -0.249. The lowest BCUT2D eigenvalue weighted by Crippen LogP contribution is -2.41. The van der Waals surface area contributed by atoms with Crippen LogP contribution in [0.2, 0.25) is 0 Å². The van der Waals surface area contributed by atoms with Crippen LogP contribution in [0.1, 0.15) is 12.8 Å². The number of amides is 1. The average Bonchev–Trinajstić information content (AvgIpc) is 2.94. The lowest BCUT2D eigenvalue weighted by atomic mass is 9.97. The van der Waals surface area contributed by atoms with Gasteiger partial charge in [-0.15, -0.1) is 0 Å². The van der Waals surface area contributed by atoms with E-state index in [0.717, 1.165) is 30.6 Å². The first kappa shape index (κ1) is 12.6. The predicted molar refractivity (Wildman–Crippen MR) is 75.4 cm³/mol. The number of hydrogen-bond acceptors (Lipinski definition) is 6. The van der Waals surface area contributed by atoms with Gasteiger partial charge < -0.3 is 16.0 Å². The summed E-state index contributed by atoms with van der Waals surface area (Å²) in [5, 5.41) is 10.7. The zero-order valence-corrected chi connectivity index (χ0v) is 11.3. The van der Waals surface area contributed by atoms with Crippen LogP contribution in [0, 0.1) is 5.92 Å². The molecule has 0 radical (unpaired) electrons. The number of carbonyl (C=O) groups is 1. The number of hydrogen-bond donors (Lipinski definition) is 3. The molecule has 1 unspecified atom stereocenters. The molecule has 3 heterocycles. The van der Waals surface area contributed by atoms with E-state index < -0.39 is 0 Å². The summed E-state index contributed by atoms with van der Waals surface area (Å²) in [6.45, 7) is 1.44. The Kier molecular flexibility index (Phi) is 3.13. The van der Waals surface area contributed by atoms with Gasteiger partial charge in [0.05, 0.1) is 17.5 Å². The lowest BCUT2D eigenvalue weighted by molar-refractivity contribution is -0.122. The Morgan fingerprint density at radius 2 is 2.40 bits per heavy atom. The van der Waals surface area contributed by atoms with Gasteiger partial charge in [-0.1, -0.05) is 0 Å². The molecule has 1 fully saturated rings. The molecule has 0 spiro atoms. The van der Waals surface area contributed by atoms with E-state index in [0.29, 0.717) is 18.1 Å². The number of nitrogens with zero attached hydrogens (tertiary/aromatic N) is 4. The lowest BCUT2D eigenvalue weighted by Gasteiger charge is -2.32. The summed E-state index contributed by atoms with van der Waals surface area (Å²) >= 11 is 0. The molecule has 0 saturated carbocycles. The van der Waals surface area contributed by atoms with Crippen molar-refractivity contribution in [1.82, 2.24) is 20.2 Å². The summed E-state index contributed by atoms with van der Waals surface area (Å²) in [6, 6.07) is 0. The first-order valence-electron chi connectivity index (χ1n) is 6.62. The maximum atomic E-state index is 11.4. The van der Waals surface area contributed by atoms with Crippen LogP contribution in [0.3, 0.4) is 0 Å². The standard InChI is InChI=1S/C12H17N7O/c1-14-12-16-10-8(5-15-18-10)11(17-12)19-4-2-3-7(6-19)9(13)20/h5,7H,2-4,6H2,1H3,(H2,13,20)(H2,14,15,16,17,18). The van der Waals surface area contributed by atoms with E-state index in [4.69, 9.17) is 5.73 Å². The normalized spacial score (nSPS) is 19.2. The number of primary amides is 1. The third kappa shape index (κ3) is 2.13. The number of carbonyl (C=O) groups excluding carboxylic acids is 1. The number of H-pyrrole nitrogens is 1. The Hall–Kier alpha value is -2.38. The highest BCUT2D eigenvalue weighted by Crippen LogP contribution is 2.28. The van der Waals surface area contributed by atoms with E-state index in [1.165, 1.54) is 0 Å². The molecule has 0 bridgehead atoms. The molecule has 0 aliphatic carbocycles. The van der Waals surface area contributed by atoms with Crippen molar-refractivity contribution in [3.8, 4) is 0 Å². The fourth-order valence-electron chi connectivity index (χ4n) is 2.57. The van der Waals surface area contributed by atoms with E-state index in [2.05, 4.69) is 30.4 Å². The summed E-state index contributed by atoms with van der Waals surface area (Å²) in [4.78, 5) is 22.3. The molecular formula is C12H17N7O. The van der Waals surface area contributed by atoms with Crippen LogP contribution in [0.4, 0.5) is 11.8 Å².